The molecular weight excluding hydrogens is 228 g/mol. The molecule has 0 nitrogen and oxygen atoms in total. The summed E-state index contributed by atoms with van der Waals surface area (Å²) in [6, 6.07) is 14.1. The quantitative estimate of drug-likeness (QED) is 0.477. The maximum absolute atomic E-state index is 2.43. The highest BCUT2D eigenvalue weighted by Crippen LogP contribution is 2.61. The fourth-order valence-electron chi connectivity index (χ4n) is 4.17. The van der Waals surface area contributed by atoms with E-state index in [1.807, 2.05) is 0 Å². The van der Waals surface area contributed by atoms with Gasteiger partial charge < -0.3 is 0 Å². The molecule has 1 fully saturated rings. The Labute approximate surface area is 113 Å². The van der Waals surface area contributed by atoms with Gasteiger partial charge in [-0.3, -0.25) is 0 Å². The first kappa shape index (κ1) is 10.0. The van der Waals surface area contributed by atoms with Crippen molar-refractivity contribution in [1.82, 2.24) is 0 Å². The lowest BCUT2D eigenvalue weighted by atomic mass is 9.84. The second-order valence-corrected chi connectivity index (χ2v) is 6.42. The molecule has 0 radical (unpaired) electrons. The van der Waals surface area contributed by atoms with Gasteiger partial charge in [0.1, 0.15) is 0 Å². The molecule has 0 heteroatoms. The predicted molar refractivity (Wildman–Crippen MR) is 81.0 cm³/mol. The number of rotatable bonds is 0. The standard InChI is InChI=1S/C19H16/c1-10-5-12-3-4-13-6-11(2)8-17-15-9-14(15)16(7-10)18(12)19(13)17/h3-8,14-15H,9H2,1-2H3. The van der Waals surface area contributed by atoms with Crippen molar-refractivity contribution >= 4 is 21.5 Å². The molecule has 0 spiro atoms. The second-order valence-electron chi connectivity index (χ2n) is 6.42. The Balaban J connectivity index is 2.12. The Morgan fingerprint density at radius 2 is 1.21 bits per heavy atom. The summed E-state index contributed by atoms with van der Waals surface area (Å²) in [6.07, 6.45) is 1.35. The molecule has 0 saturated heterocycles. The first-order chi connectivity index (χ1) is 9.22. The Morgan fingerprint density at radius 3 is 1.68 bits per heavy atom. The minimum atomic E-state index is 0.794. The van der Waals surface area contributed by atoms with Crippen LogP contribution in [-0.2, 0) is 0 Å². The highest BCUT2D eigenvalue weighted by molar-refractivity contribution is 6.13. The van der Waals surface area contributed by atoms with E-state index in [9.17, 15) is 0 Å². The van der Waals surface area contributed by atoms with Crippen LogP contribution < -0.4 is 0 Å². The average molecular weight is 244 g/mol. The maximum atomic E-state index is 2.43. The summed E-state index contributed by atoms with van der Waals surface area (Å²) in [4.78, 5) is 0. The Hall–Kier alpha value is -1.82. The van der Waals surface area contributed by atoms with Crippen LogP contribution in [0.4, 0.5) is 0 Å². The molecule has 2 atom stereocenters. The lowest BCUT2D eigenvalue weighted by Crippen LogP contribution is -1.98. The van der Waals surface area contributed by atoms with Gasteiger partial charge in [-0.1, -0.05) is 47.5 Å². The number of hydrogen-bond donors (Lipinski definition) is 0. The van der Waals surface area contributed by atoms with Gasteiger partial charge in [0.15, 0.2) is 0 Å². The lowest BCUT2D eigenvalue weighted by molar-refractivity contribution is 1.03. The van der Waals surface area contributed by atoms with Gasteiger partial charge in [-0.25, -0.2) is 0 Å². The van der Waals surface area contributed by atoms with Crippen LogP contribution >= 0.6 is 0 Å². The molecule has 2 aliphatic carbocycles. The van der Waals surface area contributed by atoms with Crippen molar-refractivity contribution in [2.24, 2.45) is 0 Å². The van der Waals surface area contributed by atoms with E-state index in [1.165, 1.54) is 39.1 Å². The summed E-state index contributed by atoms with van der Waals surface area (Å²) in [5.74, 6) is 1.59. The van der Waals surface area contributed by atoms with E-state index >= 15 is 0 Å². The summed E-state index contributed by atoms with van der Waals surface area (Å²) < 4.78 is 0. The zero-order valence-electron chi connectivity index (χ0n) is 11.3. The largest absolute Gasteiger partial charge is 0.0551 e. The molecule has 0 amide bonds. The molecule has 1 saturated carbocycles. The van der Waals surface area contributed by atoms with Crippen LogP contribution in [0.2, 0.25) is 0 Å². The zero-order chi connectivity index (χ0) is 12.7. The molecule has 3 aromatic carbocycles. The topological polar surface area (TPSA) is 0 Å². The van der Waals surface area contributed by atoms with Crippen molar-refractivity contribution in [1.29, 1.82) is 0 Å². The van der Waals surface area contributed by atoms with Crippen LogP contribution in [0.25, 0.3) is 21.5 Å². The summed E-state index contributed by atoms with van der Waals surface area (Å²) in [6.45, 7) is 4.45. The van der Waals surface area contributed by atoms with Gasteiger partial charge in [0, 0.05) is 0 Å². The third kappa shape index (κ3) is 1.15. The number of aryl methyl sites for hydroxylation is 2. The predicted octanol–water partition coefficient (Wildman–Crippen LogP) is 5.19. The number of fused-ring (bicyclic) bond motifs is 3. The molecule has 0 aliphatic heterocycles. The first-order valence-electron chi connectivity index (χ1n) is 7.20. The molecule has 0 bridgehead atoms. The zero-order valence-corrected chi connectivity index (χ0v) is 11.3. The van der Waals surface area contributed by atoms with E-state index in [0.717, 1.165) is 11.8 Å². The second kappa shape index (κ2) is 3.01. The normalized spacial score (nSPS) is 23.1. The fourth-order valence-corrected chi connectivity index (χ4v) is 4.17. The van der Waals surface area contributed by atoms with Gasteiger partial charge in [-0.05, 0) is 64.8 Å². The molecule has 19 heavy (non-hydrogen) atoms. The highest BCUT2D eigenvalue weighted by Gasteiger charge is 2.44. The monoisotopic (exact) mass is 244 g/mol. The van der Waals surface area contributed by atoms with Crippen LogP contribution in [0.1, 0.15) is 40.5 Å². The van der Waals surface area contributed by atoms with Gasteiger partial charge in [-0.2, -0.15) is 0 Å². The Bertz CT molecular complexity index is 797. The van der Waals surface area contributed by atoms with Crippen LogP contribution in [-0.4, -0.2) is 0 Å². The van der Waals surface area contributed by atoms with Gasteiger partial charge in [0.05, 0.1) is 0 Å². The smallest absolute Gasteiger partial charge is 0.00672 e. The fraction of sp³-hybridized carbons (Fsp3) is 0.263. The van der Waals surface area contributed by atoms with E-state index in [2.05, 4.69) is 50.2 Å². The van der Waals surface area contributed by atoms with Crippen molar-refractivity contribution < 1.29 is 0 Å². The third-order valence-corrected chi connectivity index (χ3v) is 4.97. The van der Waals surface area contributed by atoms with E-state index in [-0.39, 0.29) is 0 Å². The summed E-state index contributed by atoms with van der Waals surface area (Å²) in [5.41, 5.74) is 6.04. The minimum Gasteiger partial charge on any atom is -0.0551 e. The third-order valence-electron chi connectivity index (χ3n) is 4.97. The molecule has 92 valence electrons. The Kier molecular flexibility index (Phi) is 1.59. The Morgan fingerprint density at radius 1 is 0.737 bits per heavy atom. The number of hydrogen-bond acceptors (Lipinski definition) is 0. The summed E-state index contributed by atoms with van der Waals surface area (Å²) >= 11 is 0. The summed E-state index contributed by atoms with van der Waals surface area (Å²) in [7, 11) is 0. The molecule has 2 unspecified atom stereocenters. The van der Waals surface area contributed by atoms with Gasteiger partial charge in [-0.15, -0.1) is 0 Å². The molecule has 2 aliphatic rings. The molecule has 0 heterocycles. The summed E-state index contributed by atoms with van der Waals surface area (Å²) in [5, 5.41) is 5.93. The molecular formula is C19H16. The van der Waals surface area contributed by atoms with Crippen molar-refractivity contribution in [3.8, 4) is 0 Å². The molecule has 5 rings (SSSR count). The van der Waals surface area contributed by atoms with E-state index in [4.69, 9.17) is 0 Å². The van der Waals surface area contributed by atoms with Crippen LogP contribution in [0, 0.1) is 13.8 Å². The molecule has 3 aromatic rings. The maximum Gasteiger partial charge on any atom is -0.00672 e. The van der Waals surface area contributed by atoms with Crippen LogP contribution in [0.5, 0.6) is 0 Å². The van der Waals surface area contributed by atoms with E-state index < -0.39 is 0 Å². The SMILES string of the molecule is Cc1cc2c3c(ccc4cc(C)cc(c43)C3CC23)c1. The average Bonchev–Trinajstić information content (AvgIpc) is 3.16. The van der Waals surface area contributed by atoms with E-state index in [1.54, 1.807) is 11.1 Å². The first-order valence-corrected chi connectivity index (χ1v) is 7.20. The highest BCUT2D eigenvalue weighted by atomic mass is 14.5. The van der Waals surface area contributed by atoms with Crippen LogP contribution in [0.15, 0.2) is 36.4 Å². The van der Waals surface area contributed by atoms with Crippen molar-refractivity contribution in [2.75, 3.05) is 0 Å². The van der Waals surface area contributed by atoms with Crippen molar-refractivity contribution in [3.63, 3.8) is 0 Å². The number of benzene rings is 3. The van der Waals surface area contributed by atoms with Gasteiger partial charge >= 0.3 is 0 Å². The molecule has 0 N–H and O–H groups in total. The van der Waals surface area contributed by atoms with Crippen LogP contribution in [0.3, 0.4) is 0 Å². The van der Waals surface area contributed by atoms with Gasteiger partial charge in [0.25, 0.3) is 0 Å². The van der Waals surface area contributed by atoms with E-state index in [0.29, 0.717) is 0 Å². The van der Waals surface area contributed by atoms with Crippen molar-refractivity contribution in [3.05, 3.63) is 58.7 Å². The van der Waals surface area contributed by atoms with Crippen molar-refractivity contribution in [2.45, 2.75) is 32.1 Å². The lowest BCUT2D eigenvalue weighted by Gasteiger charge is -2.19. The van der Waals surface area contributed by atoms with Gasteiger partial charge in [0.2, 0.25) is 0 Å². The molecule has 0 aromatic heterocycles. The minimum absolute atomic E-state index is 0.794.